The van der Waals surface area contributed by atoms with Crippen LogP contribution in [0.1, 0.15) is 47.0 Å². The molecular weight excluding hydrogens is 234 g/mol. The van der Waals surface area contributed by atoms with Gasteiger partial charge in [-0.2, -0.15) is 11.8 Å². The Hall–Kier alpha value is -0.220. The predicted molar refractivity (Wildman–Crippen MR) is 75.5 cm³/mol. The molecule has 17 heavy (non-hydrogen) atoms. The van der Waals surface area contributed by atoms with Crippen molar-refractivity contribution in [2.75, 3.05) is 18.1 Å². The molecule has 4 heteroatoms. The molecule has 102 valence electrons. The lowest BCUT2D eigenvalue weighted by Crippen LogP contribution is -2.42. The monoisotopic (exact) mass is 261 g/mol. The van der Waals surface area contributed by atoms with Crippen LogP contribution in [-0.2, 0) is 9.53 Å². The van der Waals surface area contributed by atoms with Crippen LogP contribution in [0.2, 0.25) is 0 Å². The molecule has 0 heterocycles. The summed E-state index contributed by atoms with van der Waals surface area (Å²) in [5, 5.41) is 3.27. The standard InChI is InChI=1S/C13H27NO2S/c1-5-7-9-17-10-8-12(14-11(3)4)13(15)16-6-2/h11-12,14H,5-10H2,1-4H3. The number of unbranched alkanes of at least 4 members (excludes halogenated alkanes) is 1. The summed E-state index contributed by atoms with van der Waals surface area (Å²) in [6.45, 7) is 8.60. The number of esters is 1. The van der Waals surface area contributed by atoms with Gasteiger partial charge in [0.05, 0.1) is 6.61 Å². The number of carbonyl (C=O) groups excluding carboxylic acids is 1. The molecule has 0 aromatic rings. The van der Waals surface area contributed by atoms with Crippen molar-refractivity contribution < 1.29 is 9.53 Å². The molecule has 0 saturated heterocycles. The molecule has 0 saturated carbocycles. The summed E-state index contributed by atoms with van der Waals surface area (Å²) in [5.74, 6) is 2.09. The maximum Gasteiger partial charge on any atom is 0.323 e. The number of nitrogens with one attached hydrogen (secondary N) is 1. The van der Waals surface area contributed by atoms with Crippen LogP contribution in [0, 0.1) is 0 Å². The van der Waals surface area contributed by atoms with Crippen LogP contribution in [0.3, 0.4) is 0 Å². The molecular formula is C13H27NO2S. The van der Waals surface area contributed by atoms with Gasteiger partial charge in [-0.25, -0.2) is 0 Å². The maximum atomic E-state index is 11.7. The van der Waals surface area contributed by atoms with Crippen molar-refractivity contribution in [1.82, 2.24) is 5.32 Å². The van der Waals surface area contributed by atoms with E-state index >= 15 is 0 Å². The highest BCUT2D eigenvalue weighted by atomic mass is 32.2. The summed E-state index contributed by atoms with van der Waals surface area (Å²) in [6, 6.07) is 0.161. The first-order valence-electron chi connectivity index (χ1n) is 6.62. The van der Waals surface area contributed by atoms with Gasteiger partial charge < -0.3 is 10.1 Å². The topological polar surface area (TPSA) is 38.3 Å². The minimum Gasteiger partial charge on any atom is -0.465 e. The minimum absolute atomic E-state index is 0.114. The Labute approximate surface area is 110 Å². The molecule has 0 aromatic heterocycles. The zero-order valence-electron chi connectivity index (χ0n) is 11.6. The minimum atomic E-state index is -0.149. The van der Waals surface area contributed by atoms with Crippen LogP contribution < -0.4 is 5.32 Å². The Morgan fingerprint density at radius 1 is 1.29 bits per heavy atom. The first-order chi connectivity index (χ1) is 8.11. The number of hydrogen-bond donors (Lipinski definition) is 1. The van der Waals surface area contributed by atoms with Crippen molar-refractivity contribution in [3.63, 3.8) is 0 Å². The molecule has 0 radical (unpaired) electrons. The van der Waals surface area contributed by atoms with E-state index < -0.39 is 0 Å². The number of thioether (sulfide) groups is 1. The van der Waals surface area contributed by atoms with Gasteiger partial charge in [-0.15, -0.1) is 0 Å². The molecule has 3 nitrogen and oxygen atoms in total. The number of ether oxygens (including phenoxy) is 1. The fraction of sp³-hybridized carbons (Fsp3) is 0.923. The Balaban J connectivity index is 3.89. The molecule has 0 bridgehead atoms. The second kappa shape index (κ2) is 10.9. The lowest BCUT2D eigenvalue weighted by atomic mass is 10.2. The smallest absolute Gasteiger partial charge is 0.323 e. The molecule has 0 aliphatic rings. The van der Waals surface area contributed by atoms with Gasteiger partial charge in [0, 0.05) is 6.04 Å². The lowest BCUT2D eigenvalue weighted by molar-refractivity contribution is -0.145. The molecule has 1 unspecified atom stereocenters. The summed E-state index contributed by atoms with van der Waals surface area (Å²) in [4.78, 5) is 11.7. The van der Waals surface area contributed by atoms with E-state index in [0.717, 1.165) is 12.2 Å². The van der Waals surface area contributed by atoms with Crippen molar-refractivity contribution in [2.45, 2.75) is 59.0 Å². The Morgan fingerprint density at radius 3 is 2.53 bits per heavy atom. The van der Waals surface area contributed by atoms with Crippen LogP contribution in [0.4, 0.5) is 0 Å². The molecule has 0 spiro atoms. The van der Waals surface area contributed by atoms with E-state index in [1.165, 1.54) is 18.6 Å². The third-order valence-corrected chi connectivity index (χ3v) is 3.40. The molecule has 0 rings (SSSR count). The molecule has 0 fully saturated rings. The fourth-order valence-corrected chi connectivity index (χ4v) is 2.56. The first-order valence-corrected chi connectivity index (χ1v) is 7.77. The highest BCUT2D eigenvalue weighted by molar-refractivity contribution is 7.99. The molecule has 0 aliphatic carbocycles. The molecule has 0 aliphatic heterocycles. The van der Waals surface area contributed by atoms with Gasteiger partial charge in [0.1, 0.15) is 6.04 Å². The highest BCUT2D eigenvalue weighted by Gasteiger charge is 2.19. The van der Waals surface area contributed by atoms with Crippen LogP contribution in [0.15, 0.2) is 0 Å². The molecule has 1 atom stereocenters. The van der Waals surface area contributed by atoms with Crippen LogP contribution in [-0.4, -0.2) is 36.2 Å². The fourth-order valence-electron chi connectivity index (χ4n) is 1.46. The third kappa shape index (κ3) is 9.48. The molecule has 0 amide bonds. The van der Waals surface area contributed by atoms with E-state index in [4.69, 9.17) is 4.74 Å². The lowest BCUT2D eigenvalue weighted by Gasteiger charge is -2.19. The number of hydrogen-bond acceptors (Lipinski definition) is 4. The largest absolute Gasteiger partial charge is 0.465 e. The Bertz CT molecular complexity index is 198. The average Bonchev–Trinajstić information content (AvgIpc) is 2.27. The van der Waals surface area contributed by atoms with Gasteiger partial charge in [-0.3, -0.25) is 4.79 Å². The van der Waals surface area contributed by atoms with Crippen LogP contribution in [0.25, 0.3) is 0 Å². The van der Waals surface area contributed by atoms with E-state index in [2.05, 4.69) is 26.1 Å². The van der Waals surface area contributed by atoms with E-state index in [-0.39, 0.29) is 12.0 Å². The van der Waals surface area contributed by atoms with Crippen molar-refractivity contribution in [3.8, 4) is 0 Å². The zero-order chi connectivity index (χ0) is 13.1. The number of rotatable bonds is 10. The maximum absolute atomic E-state index is 11.7. The van der Waals surface area contributed by atoms with Crippen molar-refractivity contribution in [2.24, 2.45) is 0 Å². The molecule has 1 N–H and O–H groups in total. The SMILES string of the molecule is CCCCSCCC(NC(C)C)C(=O)OCC. The summed E-state index contributed by atoms with van der Waals surface area (Å²) in [7, 11) is 0. The van der Waals surface area contributed by atoms with Crippen molar-refractivity contribution >= 4 is 17.7 Å². The van der Waals surface area contributed by atoms with Gasteiger partial charge >= 0.3 is 5.97 Å². The highest BCUT2D eigenvalue weighted by Crippen LogP contribution is 2.09. The van der Waals surface area contributed by atoms with Gasteiger partial charge in [0.2, 0.25) is 0 Å². The van der Waals surface area contributed by atoms with Gasteiger partial charge in [0.25, 0.3) is 0 Å². The van der Waals surface area contributed by atoms with Gasteiger partial charge in [-0.1, -0.05) is 27.2 Å². The quantitative estimate of drug-likeness (QED) is 0.485. The Morgan fingerprint density at radius 2 is 2.00 bits per heavy atom. The third-order valence-electron chi connectivity index (χ3n) is 2.30. The summed E-state index contributed by atoms with van der Waals surface area (Å²) < 4.78 is 5.07. The van der Waals surface area contributed by atoms with E-state index in [9.17, 15) is 4.79 Å². The van der Waals surface area contributed by atoms with Crippen molar-refractivity contribution in [3.05, 3.63) is 0 Å². The van der Waals surface area contributed by atoms with Crippen LogP contribution in [0.5, 0.6) is 0 Å². The predicted octanol–water partition coefficient (Wildman–Crippen LogP) is 2.84. The summed E-state index contributed by atoms with van der Waals surface area (Å²) >= 11 is 1.92. The summed E-state index contributed by atoms with van der Waals surface area (Å²) in [5.41, 5.74) is 0. The normalized spacial score (nSPS) is 12.8. The second-order valence-corrected chi connectivity index (χ2v) is 5.61. The first kappa shape index (κ1) is 16.8. The second-order valence-electron chi connectivity index (χ2n) is 4.38. The number of carbonyl (C=O) groups is 1. The van der Waals surface area contributed by atoms with Gasteiger partial charge in [0.15, 0.2) is 0 Å². The Kier molecular flexibility index (Phi) is 10.8. The van der Waals surface area contributed by atoms with Crippen LogP contribution >= 0.6 is 11.8 Å². The van der Waals surface area contributed by atoms with E-state index in [0.29, 0.717) is 12.6 Å². The zero-order valence-corrected chi connectivity index (χ0v) is 12.4. The average molecular weight is 261 g/mol. The van der Waals surface area contributed by atoms with E-state index in [1.54, 1.807) is 0 Å². The van der Waals surface area contributed by atoms with Gasteiger partial charge in [-0.05, 0) is 31.3 Å². The van der Waals surface area contributed by atoms with Crippen molar-refractivity contribution in [1.29, 1.82) is 0 Å². The summed E-state index contributed by atoms with van der Waals surface area (Å²) in [6.07, 6.45) is 3.34. The molecule has 0 aromatic carbocycles. The van der Waals surface area contributed by atoms with E-state index in [1.807, 2.05) is 18.7 Å².